The van der Waals surface area contributed by atoms with Crippen LogP contribution in [0.1, 0.15) is 30.2 Å². The van der Waals surface area contributed by atoms with Crippen molar-refractivity contribution >= 4 is 23.2 Å². The second kappa shape index (κ2) is 8.16. The molecule has 0 saturated heterocycles. The minimum absolute atomic E-state index is 0.199. The summed E-state index contributed by atoms with van der Waals surface area (Å²) >= 11 is 0. The topological polar surface area (TPSA) is 103 Å². The molecule has 9 heteroatoms. The smallest absolute Gasteiger partial charge is 0.256 e. The minimum atomic E-state index is -0.255. The van der Waals surface area contributed by atoms with Gasteiger partial charge in [-0.2, -0.15) is 0 Å². The first-order valence-corrected chi connectivity index (χ1v) is 9.53. The first-order valence-electron chi connectivity index (χ1n) is 9.53. The average Bonchev–Trinajstić information content (AvgIpc) is 3.38. The Kier molecular flexibility index (Phi) is 5.25. The molecule has 4 aromatic rings. The number of anilines is 3. The molecule has 9 nitrogen and oxygen atoms in total. The van der Waals surface area contributed by atoms with Gasteiger partial charge in [-0.05, 0) is 44.2 Å². The molecule has 0 fully saturated rings. The van der Waals surface area contributed by atoms with Crippen LogP contribution in [0, 0.1) is 0 Å². The van der Waals surface area contributed by atoms with Crippen LogP contribution in [-0.4, -0.2) is 35.2 Å². The number of hydrogen-bond acceptors (Lipinski definition) is 6. The van der Waals surface area contributed by atoms with Gasteiger partial charge < -0.3 is 19.8 Å². The number of carbonyl (C=O) groups is 1. The predicted molar refractivity (Wildman–Crippen MR) is 115 cm³/mol. The number of amides is 1. The van der Waals surface area contributed by atoms with Crippen LogP contribution in [0.2, 0.25) is 0 Å². The van der Waals surface area contributed by atoms with Crippen LogP contribution in [-0.2, 0) is 7.05 Å². The van der Waals surface area contributed by atoms with Gasteiger partial charge in [-0.3, -0.25) is 4.79 Å². The van der Waals surface area contributed by atoms with Gasteiger partial charge in [0.15, 0.2) is 5.82 Å². The highest BCUT2D eigenvalue weighted by Crippen LogP contribution is 2.21. The fourth-order valence-corrected chi connectivity index (χ4v) is 2.98. The van der Waals surface area contributed by atoms with Crippen LogP contribution in [0.15, 0.2) is 61.3 Å². The third kappa shape index (κ3) is 4.19. The van der Waals surface area contributed by atoms with Crippen LogP contribution >= 0.6 is 0 Å². The van der Waals surface area contributed by atoms with E-state index in [-0.39, 0.29) is 11.9 Å². The van der Waals surface area contributed by atoms with Crippen molar-refractivity contribution in [2.24, 2.45) is 7.05 Å². The number of nitrogens with zero attached hydrogens (tertiary/aromatic N) is 6. The van der Waals surface area contributed by atoms with E-state index >= 15 is 0 Å². The molecule has 30 heavy (non-hydrogen) atoms. The van der Waals surface area contributed by atoms with E-state index in [1.54, 1.807) is 30.9 Å². The molecule has 0 spiro atoms. The lowest BCUT2D eigenvalue weighted by Gasteiger charge is -2.11. The Morgan fingerprint density at radius 3 is 2.67 bits per heavy atom. The second-order valence-corrected chi connectivity index (χ2v) is 7.15. The number of hydrogen-bond donors (Lipinski definition) is 2. The first kappa shape index (κ1) is 19.3. The lowest BCUT2D eigenvalue weighted by atomic mass is 10.2. The Morgan fingerprint density at radius 2 is 1.90 bits per heavy atom. The number of aryl methyl sites for hydroxylation is 1. The summed E-state index contributed by atoms with van der Waals surface area (Å²) in [5, 5.41) is 14.2. The maximum atomic E-state index is 12.8. The summed E-state index contributed by atoms with van der Waals surface area (Å²) in [7, 11) is 1.90. The lowest BCUT2D eigenvalue weighted by Crippen LogP contribution is -2.13. The molecule has 0 aliphatic heterocycles. The van der Waals surface area contributed by atoms with Gasteiger partial charge in [0, 0.05) is 30.5 Å². The minimum Gasteiger partial charge on any atom is -0.339 e. The van der Waals surface area contributed by atoms with Gasteiger partial charge in [0.1, 0.15) is 23.7 Å². The fraction of sp³-hybridized carbons (Fsp3) is 0.190. The van der Waals surface area contributed by atoms with Gasteiger partial charge in [-0.1, -0.05) is 12.1 Å². The molecule has 0 bridgehead atoms. The molecule has 0 aliphatic rings. The molecular weight excluding hydrogens is 380 g/mol. The van der Waals surface area contributed by atoms with Gasteiger partial charge in [0.05, 0.1) is 6.33 Å². The highest BCUT2D eigenvalue weighted by molar-refractivity contribution is 6.04. The maximum Gasteiger partial charge on any atom is 0.256 e. The van der Waals surface area contributed by atoms with Crippen molar-refractivity contribution < 1.29 is 4.79 Å². The van der Waals surface area contributed by atoms with Crippen molar-refractivity contribution in [3.8, 4) is 11.5 Å². The SMILES string of the molecule is CC(C)n1cnnc1-c1cccc(NC(=O)c2cccc(Nc3cn(C)cn3)c2)n1. The van der Waals surface area contributed by atoms with E-state index < -0.39 is 0 Å². The molecule has 4 rings (SSSR count). The van der Waals surface area contributed by atoms with Crippen molar-refractivity contribution in [1.82, 2.24) is 29.3 Å². The number of benzene rings is 1. The highest BCUT2D eigenvalue weighted by atomic mass is 16.1. The lowest BCUT2D eigenvalue weighted by molar-refractivity contribution is 0.102. The largest absolute Gasteiger partial charge is 0.339 e. The van der Waals surface area contributed by atoms with Crippen molar-refractivity contribution in [2.45, 2.75) is 19.9 Å². The number of aromatic nitrogens is 6. The van der Waals surface area contributed by atoms with Gasteiger partial charge >= 0.3 is 0 Å². The Bertz CT molecular complexity index is 1180. The van der Waals surface area contributed by atoms with E-state index in [0.717, 1.165) is 5.69 Å². The number of nitrogens with one attached hydrogen (secondary N) is 2. The summed E-state index contributed by atoms with van der Waals surface area (Å²) in [6.45, 7) is 4.09. The summed E-state index contributed by atoms with van der Waals surface area (Å²) < 4.78 is 3.78. The standard InChI is InChI=1S/C21H22N8O/c1-14(2)29-13-23-27-20(29)17-8-5-9-18(25-17)26-21(30)15-6-4-7-16(10-15)24-19-11-28(3)12-22-19/h4-14,24H,1-3H3,(H,25,26,30). The molecule has 152 valence electrons. The molecular formula is C21H22N8O. The molecule has 0 saturated carbocycles. The molecule has 0 unspecified atom stereocenters. The van der Waals surface area contributed by atoms with Gasteiger partial charge in [-0.25, -0.2) is 9.97 Å². The third-order valence-electron chi connectivity index (χ3n) is 4.45. The normalized spacial score (nSPS) is 10.9. The molecule has 3 aromatic heterocycles. The van der Waals surface area contributed by atoms with E-state index in [1.807, 2.05) is 60.5 Å². The quantitative estimate of drug-likeness (QED) is 0.510. The molecule has 2 N–H and O–H groups in total. The summed E-state index contributed by atoms with van der Waals surface area (Å²) in [6.07, 6.45) is 5.24. The Morgan fingerprint density at radius 1 is 1.07 bits per heavy atom. The number of carbonyl (C=O) groups excluding carboxylic acids is 1. The van der Waals surface area contributed by atoms with Crippen LogP contribution in [0.25, 0.3) is 11.5 Å². The number of rotatable bonds is 6. The van der Waals surface area contributed by atoms with E-state index in [1.165, 1.54) is 0 Å². The molecule has 0 aliphatic carbocycles. The van der Waals surface area contributed by atoms with E-state index in [9.17, 15) is 4.79 Å². The number of imidazole rings is 1. The van der Waals surface area contributed by atoms with Crippen LogP contribution < -0.4 is 10.6 Å². The zero-order chi connectivity index (χ0) is 21.1. The van der Waals surface area contributed by atoms with Gasteiger partial charge in [0.2, 0.25) is 0 Å². The van der Waals surface area contributed by atoms with E-state index in [0.29, 0.717) is 28.7 Å². The molecule has 3 heterocycles. The van der Waals surface area contributed by atoms with Crippen LogP contribution in [0.3, 0.4) is 0 Å². The monoisotopic (exact) mass is 402 g/mol. The highest BCUT2D eigenvalue weighted by Gasteiger charge is 2.13. The zero-order valence-electron chi connectivity index (χ0n) is 16.9. The molecule has 0 radical (unpaired) electrons. The van der Waals surface area contributed by atoms with E-state index in [4.69, 9.17) is 0 Å². The molecule has 0 atom stereocenters. The first-order chi connectivity index (χ1) is 14.5. The Hall–Kier alpha value is -4.01. The summed E-state index contributed by atoms with van der Waals surface area (Å²) in [5.41, 5.74) is 1.92. The summed E-state index contributed by atoms with van der Waals surface area (Å²) in [4.78, 5) is 21.5. The third-order valence-corrected chi connectivity index (χ3v) is 4.45. The summed E-state index contributed by atoms with van der Waals surface area (Å²) in [5.74, 6) is 1.55. The van der Waals surface area contributed by atoms with Crippen molar-refractivity contribution in [1.29, 1.82) is 0 Å². The van der Waals surface area contributed by atoms with Crippen molar-refractivity contribution in [2.75, 3.05) is 10.6 Å². The fourth-order valence-electron chi connectivity index (χ4n) is 2.98. The zero-order valence-corrected chi connectivity index (χ0v) is 16.9. The van der Waals surface area contributed by atoms with Crippen molar-refractivity contribution in [3.05, 3.63) is 66.9 Å². The second-order valence-electron chi connectivity index (χ2n) is 7.15. The average molecular weight is 402 g/mol. The summed E-state index contributed by atoms with van der Waals surface area (Å²) in [6, 6.07) is 12.8. The molecule has 1 aromatic carbocycles. The van der Waals surface area contributed by atoms with Crippen LogP contribution in [0.4, 0.5) is 17.3 Å². The predicted octanol–water partition coefficient (Wildman–Crippen LogP) is 3.65. The van der Waals surface area contributed by atoms with Gasteiger partial charge in [0.25, 0.3) is 5.91 Å². The van der Waals surface area contributed by atoms with E-state index in [2.05, 4.69) is 30.8 Å². The van der Waals surface area contributed by atoms with Crippen molar-refractivity contribution in [3.63, 3.8) is 0 Å². The van der Waals surface area contributed by atoms with Crippen LogP contribution in [0.5, 0.6) is 0 Å². The maximum absolute atomic E-state index is 12.8. The molecule has 1 amide bonds. The Labute approximate surface area is 173 Å². The van der Waals surface area contributed by atoms with Gasteiger partial charge in [-0.15, -0.1) is 10.2 Å². The number of pyridine rings is 1. The Balaban J connectivity index is 1.52.